The van der Waals surface area contributed by atoms with Crippen LogP contribution in [-0.2, 0) is 0 Å². The van der Waals surface area contributed by atoms with Gasteiger partial charge in [0.15, 0.2) is 0 Å². The van der Waals surface area contributed by atoms with Crippen LogP contribution in [0.15, 0.2) is 206 Å². The van der Waals surface area contributed by atoms with E-state index in [1.54, 1.807) is 0 Å². The highest BCUT2D eigenvalue weighted by Crippen LogP contribution is 2.42. The van der Waals surface area contributed by atoms with E-state index in [1.165, 1.54) is 87.8 Å². The molecule has 0 saturated carbocycles. The Morgan fingerprint density at radius 3 is 1.06 bits per heavy atom. The Bertz CT molecular complexity index is 3170. The Morgan fingerprint density at radius 2 is 0.593 bits per heavy atom. The van der Waals surface area contributed by atoms with Crippen LogP contribution in [0.2, 0.25) is 0 Å². The molecule has 0 amide bonds. The summed E-state index contributed by atoms with van der Waals surface area (Å²) in [6, 6.07) is 75.1. The zero-order valence-corrected chi connectivity index (χ0v) is 29.5. The van der Waals surface area contributed by atoms with Crippen molar-refractivity contribution >= 4 is 54.4 Å². The Labute approximate surface area is 313 Å². The summed E-state index contributed by atoms with van der Waals surface area (Å²) in [6.45, 7) is 0. The number of rotatable bonds is 5. The first-order valence-electron chi connectivity index (χ1n) is 18.6. The third-order valence-corrected chi connectivity index (χ3v) is 11.1. The molecular formula is C52H34N2. The first kappa shape index (κ1) is 30.5. The van der Waals surface area contributed by atoms with Crippen molar-refractivity contribution in [2.75, 3.05) is 0 Å². The van der Waals surface area contributed by atoms with Crippen molar-refractivity contribution in [1.82, 2.24) is 9.13 Å². The summed E-state index contributed by atoms with van der Waals surface area (Å²) in [6.07, 6.45) is 0. The molecule has 0 aliphatic rings. The van der Waals surface area contributed by atoms with Crippen LogP contribution in [0.4, 0.5) is 0 Å². The second-order valence-electron chi connectivity index (χ2n) is 14.2. The minimum absolute atomic E-state index is 1.15. The summed E-state index contributed by atoms with van der Waals surface area (Å²) in [5.74, 6) is 0. The van der Waals surface area contributed by atoms with Crippen molar-refractivity contribution in [3.05, 3.63) is 206 Å². The molecule has 0 unspecified atom stereocenters. The SMILES string of the molecule is c1ccc(-c2ccc(-n3c4ccccc4c4c5c6ccccc6n(-c6ccc(-c7ccc8cc(-c9ccccc9)ccc8c7)cc6)c5ccc43)cc2)cc1. The number of hydrogen-bond donors (Lipinski definition) is 0. The molecule has 2 aromatic heterocycles. The van der Waals surface area contributed by atoms with Gasteiger partial charge in [-0.25, -0.2) is 0 Å². The topological polar surface area (TPSA) is 9.86 Å². The fourth-order valence-corrected chi connectivity index (χ4v) is 8.55. The predicted octanol–water partition coefficient (Wildman–Crippen LogP) is 14.0. The average Bonchev–Trinajstić information content (AvgIpc) is 3.77. The lowest BCUT2D eigenvalue weighted by molar-refractivity contribution is 1.17. The number of para-hydroxylation sites is 2. The van der Waals surface area contributed by atoms with Crippen molar-refractivity contribution in [3.8, 4) is 44.8 Å². The lowest BCUT2D eigenvalue weighted by atomic mass is 9.97. The largest absolute Gasteiger partial charge is 0.309 e. The first-order valence-corrected chi connectivity index (χ1v) is 18.6. The van der Waals surface area contributed by atoms with E-state index in [4.69, 9.17) is 0 Å². The van der Waals surface area contributed by atoms with Gasteiger partial charge < -0.3 is 9.13 Å². The molecule has 11 aromatic rings. The molecule has 0 N–H and O–H groups in total. The molecule has 2 heteroatoms. The van der Waals surface area contributed by atoms with Crippen LogP contribution in [0, 0.1) is 0 Å². The molecule has 0 bridgehead atoms. The quantitative estimate of drug-likeness (QED) is 0.171. The zero-order chi connectivity index (χ0) is 35.6. The van der Waals surface area contributed by atoms with E-state index in [1.807, 2.05) is 0 Å². The van der Waals surface area contributed by atoms with Crippen molar-refractivity contribution in [2.45, 2.75) is 0 Å². The first-order chi connectivity index (χ1) is 26.8. The van der Waals surface area contributed by atoms with E-state index in [2.05, 4.69) is 215 Å². The molecule has 2 heterocycles. The van der Waals surface area contributed by atoms with Gasteiger partial charge in [-0.2, -0.15) is 0 Å². The molecule has 0 fully saturated rings. The standard InChI is InChI=1S/C52H34N2/c1-3-11-35(12-4-1)37-23-27-43(28-24-37)53-47-17-9-7-15-45(47)51-49(53)31-32-50-52(51)46-16-8-10-18-48(46)54(50)44-29-25-38(26-30-44)40-20-22-41-33-39(19-21-42(41)34-40)36-13-5-2-6-14-36/h1-34H. The summed E-state index contributed by atoms with van der Waals surface area (Å²) in [5.41, 5.74) is 14.5. The molecule has 11 rings (SSSR count). The van der Waals surface area contributed by atoms with Crippen molar-refractivity contribution in [1.29, 1.82) is 0 Å². The van der Waals surface area contributed by atoms with Crippen molar-refractivity contribution in [3.63, 3.8) is 0 Å². The van der Waals surface area contributed by atoms with Gasteiger partial charge in [-0.3, -0.25) is 0 Å². The maximum atomic E-state index is 2.43. The predicted molar refractivity (Wildman–Crippen MR) is 229 cm³/mol. The number of nitrogens with zero attached hydrogens (tertiary/aromatic N) is 2. The lowest BCUT2D eigenvalue weighted by Gasteiger charge is -2.11. The van der Waals surface area contributed by atoms with Crippen LogP contribution in [0.3, 0.4) is 0 Å². The van der Waals surface area contributed by atoms with E-state index in [9.17, 15) is 0 Å². The normalized spacial score (nSPS) is 11.7. The third-order valence-electron chi connectivity index (χ3n) is 11.1. The number of hydrogen-bond acceptors (Lipinski definition) is 0. The second kappa shape index (κ2) is 12.2. The highest BCUT2D eigenvalue weighted by atomic mass is 15.0. The summed E-state index contributed by atoms with van der Waals surface area (Å²) in [7, 11) is 0. The maximum absolute atomic E-state index is 2.43. The van der Waals surface area contributed by atoms with Crippen LogP contribution in [0.5, 0.6) is 0 Å². The van der Waals surface area contributed by atoms with Crippen LogP contribution in [0.25, 0.3) is 99.1 Å². The average molecular weight is 687 g/mol. The van der Waals surface area contributed by atoms with E-state index < -0.39 is 0 Å². The Hall–Kier alpha value is -7.16. The van der Waals surface area contributed by atoms with Crippen molar-refractivity contribution in [2.24, 2.45) is 0 Å². The number of benzene rings is 9. The Balaban J connectivity index is 1.03. The Morgan fingerprint density at radius 1 is 0.241 bits per heavy atom. The minimum atomic E-state index is 1.15. The highest BCUT2D eigenvalue weighted by Gasteiger charge is 2.20. The molecule has 0 spiro atoms. The van der Waals surface area contributed by atoms with Crippen LogP contribution < -0.4 is 0 Å². The highest BCUT2D eigenvalue weighted by molar-refractivity contribution is 6.28. The third kappa shape index (κ3) is 4.81. The molecule has 0 atom stereocenters. The smallest absolute Gasteiger partial charge is 0.0548 e. The lowest BCUT2D eigenvalue weighted by Crippen LogP contribution is -1.95. The van der Waals surface area contributed by atoms with Gasteiger partial charge in [-0.1, -0.05) is 146 Å². The van der Waals surface area contributed by atoms with Gasteiger partial charge >= 0.3 is 0 Å². The molecule has 0 radical (unpaired) electrons. The molecule has 54 heavy (non-hydrogen) atoms. The van der Waals surface area contributed by atoms with Gasteiger partial charge in [0, 0.05) is 32.9 Å². The van der Waals surface area contributed by atoms with Crippen LogP contribution in [0.1, 0.15) is 0 Å². The monoisotopic (exact) mass is 686 g/mol. The fourth-order valence-electron chi connectivity index (χ4n) is 8.55. The van der Waals surface area contributed by atoms with E-state index >= 15 is 0 Å². The van der Waals surface area contributed by atoms with Gasteiger partial charge in [0.2, 0.25) is 0 Å². The molecule has 9 aromatic carbocycles. The summed E-state index contributed by atoms with van der Waals surface area (Å²) < 4.78 is 4.85. The molecule has 0 aliphatic heterocycles. The van der Waals surface area contributed by atoms with Gasteiger partial charge in [-0.15, -0.1) is 0 Å². The van der Waals surface area contributed by atoms with Gasteiger partial charge in [0.25, 0.3) is 0 Å². The van der Waals surface area contributed by atoms with Crippen LogP contribution in [-0.4, -0.2) is 9.13 Å². The van der Waals surface area contributed by atoms with E-state index in [-0.39, 0.29) is 0 Å². The second-order valence-corrected chi connectivity index (χ2v) is 14.2. The number of fused-ring (bicyclic) bond motifs is 8. The summed E-state index contributed by atoms with van der Waals surface area (Å²) in [5, 5.41) is 7.58. The maximum Gasteiger partial charge on any atom is 0.0548 e. The van der Waals surface area contributed by atoms with Gasteiger partial charge in [0.1, 0.15) is 0 Å². The summed E-state index contributed by atoms with van der Waals surface area (Å²) in [4.78, 5) is 0. The fraction of sp³-hybridized carbons (Fsp3) is 0. The molecule has 2 nitrogen and oxygen atoms in total. The molecule has 252 valence electrons. The molecular weight excluding hydrogens is 653 g/mol. The van der Waals surface area contributed by atoms with E-state index in [0.29, 0.717) is 0 Å². The van der Waals surface area contributed by atoms with Gasteiger partial charge in [-0.05, 0) is 105 Å². The van der Waals surface area contributed by atoms with Crippen molar-refractivity contribution < 1.29 is 0 Å². The number of aromatic nitrogens is 2. The van der Waals surface area contributed by atoms with Gasteiger partial charge in [0.05, 0.1) is 22.1 Å². The summed E-state index contributed by atoms with van der Waals surface area (Å²) >= 11 is 0. The minimum Gasteiger partial charge on any atom is -0.309 e. The van der Waals surface area contributed by atoms with E-state index in [0.717, 1.165) is 11.4 Å². The Kier molecular flexibility index (Phi) is 6.90. The zero-order valence-electron chi connectivity index (χ0n) is 29.5. The van der Waals surface area contributed by atoms with Crippen LogP contribution >= 0.6 is 0 Å². The molecule has 0 saturated heterocycles. The molecule has 0 aliphatic carbocycles.